The van der Waals surface area contributed by atoms with Crippen LogP contribution < -0.4 is 5.32 Å². The second-order valence-corrected chi connectivity index (χ2v) is 7.63. The second-order valence-electron chi connectivity index (χ2n) is 5.64. The quantitative estimate of drug-likeness (QED) is 0.698. The molecule has 0 bridgehead atoms. The molecule has 0 radical (unpaired) electrons. The fraction of sp³-hybridized carbons (Fsp3) is 0.300. The lowest BCUT2D eigenvalue weighted by atomic mass is 10.1. The molecule has 1 heterocycles. The zero-order valence-electron chi connectivity index (χ0n) is 16.3. The number of aliphatic imine (C=N–C) groups is 1. The van der Waals surface area contributed by atoms with Gasteiger partial charge in [0.15, 0.2) is 9.84 Å². The van der Waals surface area contributed by atoms with E-state index in [2.05, 4.69) is 16.9 Å². The first-order chi connectivity index (χ1) is 12.6. The predicted molar refractivity (Wildman–Crippen MR) is 112 cm³/mol. The fourth-order valence-corrected chi connectivity index (χ4v) is 2.84. The Bertz CT molecular complexity index is 811. The van der Waals surface area contributed by atoms with E-state index in [1.54, 1.807) is 44.5 Å². The van der Waals surface area contributed by atoms with Crippen LogP contribution in [0, 0.1) is 0 Å². The SMILES string of the molecule is C=C\C=C/C(=C(C)/C1=C/C=C(C)/C=N\CN/C=C\1)S(C)(=O)=O.CCC(=O)O. The molecule has 0 saturated heterocycles. The standard InChI is InChI=1S/C17H22N2O2S.C3H6O2/c1-5-6-7-17(22(4,20)21)15(3)16-9-8-14(2)12-19-13-18-11-10-16;1-2-3(4)5/h5-12,18H,1,13H2,2-4H3;2H2,1H3,(H,4,5)/b7-6-,11-10-,14-8+,16-9+,17-15-,19-12-;. The van der Waals surface area contributed by atoms with Gasteiger partial charge in [0.25, 0.3) is 0 Å². The van der Waals surface area contributed by atoms with Crippen molar-refractivity contribution in [1.29, 1.82) is 0 Å². The lowest BCUT2D eigenvalue weighted by Gasteiger charge is -2.09. The van der Waals surface area contributed by atoms with E-state index in [1.807, 2.05) is 25.2 Å². The molecule has 0 atom stereocenters. The van der Waals surface area contributed by atoms with Crippen LogP contribution in [0.4, 0.5) is 0 Å². The molecule has 148 valence electrons. The average Bonchev–Trinajstić information content (AvgIpc) is 2.60. The number of hydrogen-bond donors (Lipinski definition) is 2. The van der Waals surface area contributed by atoms with Crippen molar-refractivity contribution < 1.29 is 18.3 Å². The number of carboxylic acid groups (broad SMARTS) is 1. The van der Waals surface area contributed by atoms with Gasteiger partial charge in [0.1, 0.15) is 6.67 Å². The molecule has 0 aromatic carbocycles. The Morgan fingerprint density at radius 3 is 2.56 bits per heavy atom. The van der Waals surface area contributed by atoms with Crippen molar-refractivity contribution in [2.45, 2.75) is 27.2 Å². The number of nitrogens with one attached hydrogen (secondary N) is 1. The van der Waals surface area contributed by atoms with Gasteiger partial charge in [-0.2, -0.15) is 0 Å². The third-order valence-corrected chi connectivity index (χ3v) is 4.51. The molecular formula is C20H28N2O4S. The molecule has 0 aliphatic carbocycles. The number of aliphatic carboxylic acids is 1. The topological polar surface area (TPSA) is 95.8 Å². The zero-order chi connectivity index (χ0) is 20.9. The van der Waals surface area contributed by atoms with Crippen molar-refractivity contribution in [1.82, 2.24) is 5.32 Å². The van der Waals surface area contributed by atoms with Crippen LogP contribution in [0.25, 0.3) is 0 Å². The van der Waals surface area contributed by atoms with Gasteiger partial charge in [-0.25, -0.2) is 8.42 Å². The van der Waals surface area contributed by atoms with Crippen molar-refractivity contribution in [3.8, 4) is 0 Å². The van der Waals surface area contributed by atoms with E-state index >= 15 is 0 Å². The maximum Gasteiger partial charge on any atom is 0.303 e. The number of allylic oxidation sites excluding steroid dienone is 9. The highest BCUT2D eigenvalue weighted by Crippen LogP contribution is 2.21. The van der Waals surface area contributed by atoms with Gasteiger partial charge >= 0.3 is 5.97 Å². The number of carboxylic acids is 1. The first-order valence-electron chi connectivity index (χ1n) is 8.34. The van der Waals surface area contributed by atoms with Crippen molar-refractivity contribution in [3.63, 3.8) is 0 Å². The van der Waals surface area contributed by atoms with Gasteiger partial charge in [-0.3, -0.25) is 9.79 Å². The minimum Gasteiger partial charge on any atom is -0.481 e. The van der Waals surface area contributed by atoms with Gasteiger partial charge in [-0.1, -0.05) is 37.8 Å². The Balaban J connectivity index is 0.00000119. The molecule has 7 heteroatoms. The number of hydrogen-bond acceptors (Lipinski definition) is 5. The van der Waals surface area contributed by atoms with E-state index < -0.39 is 15.8 Å². The first-order valence-corrected chi connectivity index (χ1v) is 10.2. The highest BCUT2D eigenvalue weighted by atomic mass is 32.2. The minimum atomic E-state index is -3.33. The lowest BCUT2D eigenvalue weighted by Crippen LogP contribution is -2.06. The summed E-state index contributed by atoms with van der Waals surface area (Å²) in [5, 5.41) is 10.8. The summed E-state index contributed by atoms with van der Waals surface area (Å²) in [6, 6.07) is 0. The number of carbonyl (C=O) groups is 1. The van der Waals surface area contributed by atoms with E-state index in [-0.39, 0.29) is 11.3 Å². The molecule has 1 aliphatic heterocycles. The lowest BCUT2D eigenvalue weighted by molar-refractivity contribution is -0.136. The summed E-state index contributed by atoms with van der Waals surface area (Å²) in [7, 11) is -3.33. The van der Waals surface area contributed by atoms with Crippen LogP contribution >= 0.6 is 0 Å². The minimum absolute atomic E-state index is 0.222. The van der Waals surface area contributed by atoms with Gasteiger partial charge in [-0.15, -0.1) is 0 Å². The zero-order valence-corrected chi connectivity index (χ0v) is 17.1. The molecule has 0 saturated carbocycles. The molecule has 0 fully saturated rings. The summed E-state index contributed by atoms with van der Waals surface area (Å²) in [4.78, 5) is 13.8. The van der Waals surface area contributed by atoms with E-state index in [1.165, 1.54) is 6.26 Å². The van der Waals surface area contributed by atoms with Crippen molar-refractivity contribution in [2.75, 3.05) is 12.9 Å². The van der Waals surface area contributed by atoms with Crippen LogP contribution in [0.5, 0.6) is 0 Å². The van der Waals surface area contributed by atoms with Gasteiger partial charge < -0.3 is 10.4 Å². The predicted octanol–water partition coefficient (Wildman–Crippen LogP) is 3.55. The maximum atomic E-state index is 12.0. The third-order valence-electron chi connectivity index (χ3n) is 3.27. The normalized spacial score (nSPS) is 21.8. The largest absolute Gasteiger partial charge is 0.481 e. The Hall–Kier alpha value is -2.67. The monoisotopic (exact) mass is 392 g/mol. The van der Waals surface area contributed by atoms with E-state index in [4.69, 9.17) is 5.11 Å². The Morgan fingerprint density at radius 2 is 2.04 bits per heavy atom. The van der Waals surface area contributed by atoms with Crippen molar-refractivity contribution in [2.24, 2.45) is 4.99 Å². The van der Waals surface area contributed by atoms with Crippen molar-refractivity contribution >= 4 is 22.0 Å². The Morgan fingerprint density at radius 1 is 1.41 bits per heavy atom. The molecule has 1 aliphatic rings. The number of nitrogens with zero attached hydrogens (tertiary/aromatic N) is 1. The van der Waals surface area contributed by atoms with Gasteiger partial charge in [0.05, 0.1) is 4.91 Å². The van der Waals surface area contributed by atoms with E-state index in [0.717, 1.165) is 11.1 Å². The molecule has 0 aromatic rings. The molecule has 1 rings (SSSR count). The second kappa shape index (κ2) is 12.6. The van der Waals surface area contributed by atoms with Crippen LogP contribution in [0.3, 0.4) is 0 Å². The summed E-state index contributed by atoms with van der Waals surface area (Å²) in [6.07, 6.45) is 15.3. The smallest absolute Gasteiger partial charge is 0.303 e. The number of rotatable bonds is 5. The summed E-state index contributed by atoms with van der Waals surface area (Å²) in [5.74, 6) is -0.745. The molecule has 0 unspecified atom stereocenters. The molecule has 2 N–H and O–H groups in total. The molecule has 0 amide bonds. The molecular weight excluding hydrogens is 364 g/mol. The van der Waals surface area contributed by atoms with Crippen LogP contribution in [-0.4, -0.2) is 38.6 Å². The first kappa shape index (κ1) is 24.3. The molecule has 0 spiro atoms. The maximum absolute atomic E-state index is 12.0. The fourth-order valence-electron chi connectivity index (χ4n) is 1.84. The average molecular weight is 393 g/mol. The third kappa shape index (κ3) is 10.8. The Kier molecular flexibility index (Phi) is 11.4. The highest BCUT2D eigenvalue weighted by Gasteiger charge is 2.13. The number of sulfone groups is 1. The van der Waals surface area contributed by atoms with Crippen molar-refractivity contribution in [3.05, 3.63) is 70.9 Å². The summed E-state index contributed by atoms with van der Waals surface area (Å²) >= 11 is 0. The summed E-state index contributed by atoms with van der Waals surface area (Å²) < 4.78 is 24.0. The van der Waals surface area contributed by atoms with Crippen LogP contribution in [-0.2, 0) is 14.6 Å². The summed E-state index contributed by atoms with van der Waals surface area (Å²) in [5.41, 5.74) is 2.49. The molecule has 0 aromatic heterocycles. The Labute approximate surface area is 162 Å². The van der Waals surface area contributed by atoms with Gasteiger partial charge in [0, 0.05) is 18.9 Å². The van der Waals surface area contributed by atoms with E-state index in [0.29, 0.717) is 12.2 Å². The van der Waals surface area contributed by atoms with Gasteiger partial charge in [-0.05, 0) is 48.9 Å². The summed E-state index contributed by atoms with van der Waals surface area (Å²) in [6.45, 7) is 9.39. The molecule has 27 heavy (non-hydrogen) atoms. The molecule has 6 nitrogen and oxygen atoms in total. The van der Waals surface area contributed by atoms with Crippen LogP contribution in [0.1, 0.15) is 27.2 Å². The van der Waals surface area contributed by atoms with E-state index in [9.17, 15) is 13.2 Å². The van der Waals surface area contributed by atoms with Gasteiger partial charge in [0.2, 0.25) is 0 Å². The van der Waals surface area contributed by atoms with Crippen LogP contribution in [0.15, 0.2) is 75.9 Å². The van der Waals surface area contributed by atoms with Crippen LogP contribution in [0.2, 0.25) is 0 Å². The highest BCUT2D eigenvalue weighted by molar-refractivity contribution is 7.94.